The highest BCUT2D eigenvalue weighted by Crippen LogP contribution is 2.33. The van der Waals surface area contributed by atoms with Crippen LogP contribution in [0.5, 0.6) is 0 Å². The number of hydrogen-bond acceptors (Lipinski definition) is 6. The number of nitrogens with one attached hydrogen (secondary N) is 3. The summed E-state index contributed by atoms with van der Waals surface area (Å²) < 4.78 is 96.0. The molecular formula is C31H25F3N4O5S2. The quantitative estimate of drug-likeness (QED) is 0.205. The third-order valence-corrected chi connectivity index (χ3v) is 10.7. The largest absolute Gasteiger partial charge is 0.416 e. The van der Waals surface area contributed by atoms with Crippen LogP contribution >= 0.6 is 0 Å². The smallest absolute Gasteiger partial charge is 0.341 e. The van der Waals surface area contributed by atoms with Crippen molar-refractivity contribution in [1.82, 2.24) is 19.4 Å². The minimum absolute atomic E-state index is 0.0116. The van der Waals surface area contributed by atoms with Gasteiger partial charge in [0.1, 0.15) is 11.1 Å². The number of rotatable bonds is 8. The standard InChI is InChI=1S/C31H25F3N4O5S2/c32-31(33,34)24-6-3-7-25(16-24)44(40,41)37-26(14-19-8-10-21(11-9-19)28-17-29(39)38-45(28,42)43)30-35-18-27(36-30)23-13-12-20-4-1-2-5-22(20)15-23/h1-13,15-16,18,26,28,37H,14,17H2,(H,35,36)(H,38,39). The molecule has 2 unspecified atom stereocenters. The van der Waals surface area contributed by atoms with E-state index >= 15 is 0 Å². The van der Waals surface area contributed by atoms with E-state index in [0.29, 0.717) is 22.9 Å². The van der Waals surface area contributed by atoms with Crippen LogP contribution in [0.2, 0.25) is 0 Å². The molecule has 2 heterocycles. The number of amides is 1. The van der Waals surface area contributed by atoms with Crippen LogP contribution in [0.1, 0.15) is 40.2 Å². The highest BCUT2D eigenvalue weighted by atomic mass is 32.2. The molecule has 1 fully saturated rings. The van der Waals surface area contributed by atoms with Crippen LogP contribution in [0.15, 0.2) is 102 Å². The van der Waals surface area contributed by atoms with Crippen LogP contribution in [-0.2, 0) is 37.4 Å². The zero-order chi connectivity index (χ0) is 32.0. The Balaban J connectivity index is 1.33. The molecular weight excluding hydrogens is 629 g/mol. The van der Waals surface area contributed by atoms with Crippen molar-refractivity contribution in [1.29, 1.82) is 0 Å². The van der Waals surface area contributed by atoms with E-state index in [1.807, 2.05) is 47.2 Å². The normalized spacial score (nSPS) is 17.3. The molecule has 0 aliphatic carbocycles. The van der Waals surface area contributed by atoms with Gasteiger partial charge in [0.15, 0.2) is 0 Å². The molecule has 45 heavy (non-hydrogen) atoms. The van der Waals surface area contributed by atoms with Gasteiger partial charge in [0.2, 0.25) is 26.0 Å². The number of aromatic nitrogens is 2. The van der Waals surface area contributed by atoms with E-state index in [1.165, 1.54) is 0 Å². The molecule has 5 aromatic rings. The Morgan fingerprint density at radius 3 is 2.36 bits per heavy atom. The van der Waals surface area contributed by atoms with Gasteiger partial charge in [0, 0.05) is 5.56 Å². The molecule has 4 aromatic carbocycles. The summed E-state index contributed by atoms with van der Waals surface area (Å²) in [6.45, 7) is 0. The number of benzene rings is 4. The number of aromatic amines is 1. The number of imidazole rings is 1. The van der Waals surface area contributed by atoms with Crippen molar-refractivity contribution in [2.75, 3.05) is 0 Å². The maximum atomic E-state index is 13.4. The van der Waals surface area contributed by atoms with Crippen LogP contribution in [0.25, 0.3) is 22.0 Å². The zero-order valence-electron chi connectivity index (χ0n) is 23.2. The van der Waals surface area contributed by atoms with E-state index in [-0.39, 0.29) is 18.7 Å². The lowest BCUT2D eigenvalue weighted by Gasteiger charge is -2.18. The van der Waals surface area contributed by atoms with Crippen molar-refractivity contribution in [3.63, 3.8) is 0 Å². The summed E-state index contributed by atoms with van der Waals surface area (Å²) in [6.07, 6.45) is -3.40. The molecule has 1 saturated heterocycles. The molecule has 1 aromatic heterocycles. The van der Waals surface area contributed by atoms with E-state index in [1.54, 1.807) is 30.5 Å². The van der Waals surface area contributed by atoms with Gasteiger partial charge in [-0.3, -0.25) is 9.52 Å². The summed E-state index contributed by atoms with van der Waals surface area (Å²) in [7, 11) is -8.33. The molecule has 6 rings (SSSR count). The first-order valence-electron chi connectivity index (χ1n) is 13.7. The number of fused-ring (bicyclic) bond motifs is 1. The number of nitrogens with zero attached hydrogens (tertiary/aromatic N) is 1. The molecule has 232 valence electrons. The highest BCUT2D eigenvalue weighted by molar-refractivity contribution is 7.90. The Labute approximate surface area is 256 Å². The van der Waals surface area contributed by atoms with Crippen molar-refractivity contribution < 1.29 is 34.8 Å². The van der Waals surface area contributed by atoms with Crippen molar-refractivity contribution in [3.05, 3.63) is 120 Å². The summed E-state index contributed by atoms with van der Waals surface area (Å²) in [6, 6.07) is 22.2. The van der Waals surface area contributed by atoms with Gasteiger partial charge in [0.25, 0.3) is 0 Å². The van der Waals surface area contributed by atoms with Crippen molar-refractivity contribution in [2.24, 2.45) is 0 Å². The first-order valence-corrected chi connectivity index (χ1v) is 16.7. The first kappa shape index (κ1) is 30.5. The maximum Gasteiger partial charge on any atom is 0.416 e. The molecule has 0 saturated carbocycles. The fourth-order valence-corrected chi connectivity index (χ4v) is 7.93. The third-order valence-electron chi connectivity index (χ3n) is 7.55. The average molecular weight is 655 g/mol. The van der Waals surface area contributed by atoms with Crippen molar-refractivity contribution >= 4 is 36.7 Å². The summed E-state index contributed by atoms with van der Waals surface area (Å²) >= 11 is 0. The monoisotopic (exact) mass is 654 g/mol. The van der Waals surface area contributed by atoms with Gasteiger partial charge in [-0.1, -0.05) is 66.7 Å². The molecule has 1 aliphatic heterocycles. The molecule has 1 aliphatic rings. The van der Waals surface area contributed by atoms with Crippen molar-refractivity contribution in [2.45, 2.75) is 35.2 Å². The molecule has 9 nitrogen and oxygen atoms in total. The zero-order valence-corrected chi connectivity index (χ0v) is 24.9. The lowest BCUT2D eigenvalue weighted by Crippen LogP contribution is -2.31. The minimum atomic E-state index is -4.74. The Bertz CT molecular complexity index is 2130. The Hall–Kier alpha value is -4.53. The van der Waals surface area contributed by atoms with E-state index in [9.17, 15) is 34.8 Å². The van der Waals surface area contributed by atoms with Crippen LogP contribution in [0.4, 0.5) is 13.2 Å². The third kappa shape index (κ3) is 6.48. The van der Waals surface area contributed by atoms with Crippen LogP contribution in [-0.4, -0.2) is 32.7 Å². The van der Waals surface area contributed by atoms with Gasteiger partial charge in [-0.15, -0.1) is 0 Å². The first-order chi connectivity index (χ1) is 21.3. The Morgan fingerprint density at radius 1 is 0.933 bits per heavy atom. The molecule has 3 N–H and O–H groups in total. The van der Waals surface area contributed by atoms with Gasteiger partial charge in [0.05, 0.1) is 34.8 Å². The fraction of sp³-hybridized carbons (Fsp3) is 0.161. The number of halogens is 3. The average Bonchev–Trinajstić information content (AvgIpc) is 3.60. The summed E-state index contributed by atoms with van der Waals surface area (Å²) in [4.78, 5) is 18.7. The molecule has 14 heteroatoms. The van der Waals surface area contributed by atoms with E-state index in [4.69, 9.17) is 0 Å². The van der Waals surface area contributed by atoms with E-state index < -0.39 is 53.9 Å². The number of carbonyl (C=O) groups is 1. The van der Waals surface area contributed by atoms with Gasteiger partial charge in [-0.25, -0.2) is 26.5 Å². The predicted octanol–water partition coefficient (Wildman–Crippen LogP) is 5.40. The lowest BCUT2D eigenvalue weighted by atomic mass is 10.0. The number of sulfonamides is 2. The number of carbonyl (C=O) groups excluding carboxylic acids is 1. The number of H-pyrrole nitrogens is 1. The molecule has 0 radical (unpaired) electrons. The second-order valence-electron chi connectivity index (χ2n) is 10.7. The molecule has 1 amide bonds. The minimum Gasteiger partial charge on any atom is -0.341 e. The fourth-order valence-electron chi connectivity index (χ4n) is 5.26. The molecule has 0 spiro atoms. The summed E-state index contributed by atoms with van der Waals surface area (Å²) in [5.41, 5.74) is 1.24. The van der Waals surface area contributed by atoms with Gasteiger partial charge in [-0.2, -0.15) is 13.2 Å². The van der Waals surface area contributed by atoms with Gasteiger partial charge >= 0.3 is 6.18 Å². The second-order valence-corrected chi connectivity index (χ2v) is 14.2. The summed E-state index contributed by atoms with van der Waals surface area (Å²) in [5, 5.41) is 0.958. The van der Waals surface area contributed by atoms with Crippen LogP contribution < -0.4 is 9.44 Å². The van der Waals surface area contributed by atoms with Crippen LogP contribution in [0, 0.1) is 0 Å². The summed E-state index contributed by atoms with van der Waals surface area (Å²) in [5.74, 6) is -0.390. The molecule has 0 bridgehead atoms. The SMILES string of the molecule is O=C1CC(c2ccc(CC(NS(=O)(=O)c3cccc(C(F)(F)F)c3)c3ncc(-c4ccc5ccccc5c4)[nH]3)cc2)S(=O)(=O)N1. The van der Waals surface area contributed by atoms with E-state index in [0.717, 1.165) is 34.5 Å². The lowest BCUT2D eigenvalue weighted by molar-refractivity contribution is -0.137. The van der Waals surface area contributed by atoms with Crippen molar-refractivity contribution in [3.8, 4) is 11.3 Å². The number of hydrogen-bond donors (Lipinski definition) is 3. The second kappa shape index (κ2) is 11.4. The van der Waals surface area contributed by atoms with Crippen LogP contribution in [0.3, 0.4) is 0 Å². The molecule has 2 atom stereocenters. The maximum absolute atomic E-state index is 13.4. The predicted molar refractivity (Wildman–Crippen MR) is 161 cm³/mol. The van der Waals surface area contributed by atoms with Gasteiger partial charge < -0.3 is 4.98 Å². The van der Waals surface area contributed by atoms with E-state index in [2.05, 4.69) is 14.7 Å². The number of alkyl halides is 3. The Morgan fingerprint density at radius 2 is 1.67 bits per heavy atom. The topological polar surface area (TPSA) is 138 Å². The Kier molecular flexibility index (Phi) is 7.75. The van der Waals surface area contributed by atoms with Gasteiger partial charge in [-0.05, 0) is 52.6 Å². The highest BCUT2D eigenvalue weighted by Gasteiger charge is 2.38.